The molecule has 17 heteroatoms. The van der Waals surface area contributed by atoms with E-state index in [0.29, 0.717) is 0 Å². The average molecular weight is 793 g/mol. The largest absolute Gasteiger partial charge is 0.495 e. The highest BCUT2D eigenvalue weighted by molar-refractivity contribution is 6.31. The number of amides is 1. The first-order chi connectivity index (χ1) is 25.3. The van der Waals surface area contributed by atoms with Gasteiger partial charge in [0.15, 0.2) is 6.10 Å². The van der Waals surface area contributed by atoms with Crippen molar-refractivity contribution in [3.63, 3.8) is 0 Å². The Hall–Kier alpha value is -4.40. The molecular formula is C37H37Cl2F2N3O10. The molecular weight excluding hydrogens is 755 g/mol. The Balaban J connectivity index is 1.52. The molecule has 54 heavy (non-hydrogen) atoms. The fourth-order valence-corrected chi connectivity index (χ4v) is 7.35. The Morgan fingerprint density at radius 3 is 2.35 bits per heavy atom. The number of aliphatic hydroxyl groups is 3. The van der Waals surface area contributed by atoms with Gasteiger partial charge in [-0.1, -0.05) is 62.2 Å². The van der Waals surface area contributed by atoms with Crippen LogP contribution < -0.4 is 15.4 Å². The molecule has 3 aromatic rings. The minimum absolute atomic E-state index is 0.00380. The first kappa shape index (κ1) is 40.8. The quantitative estimate of drug-likeness (QED) is 0.168. The highest BCUT2D eigenvalue weighted by Crippen LogP contribution is 2.53. The van der Waals surface area contributed by atoms with Crippen LogP contribution in [-0.2, 0) is 24.5 Å². The summed E-state index contributed by atoms with van der Waals surface area (Å²) < 4.78 is 47.5. The number of nitrogens with zero attached hydrogens (tertiary/aromatic N) is 1. The summed E-state index contributed by atoms with van der Waals surface area (Å²) in [6.07, 6.45) is -9.79. The summed E-state index contributed by atoms with van der Waals surface area (Å²) in [7, 11) is 1.23. The first-order valence-corrected chi connectivity index (χ1v) is 17.3. The maximum Gasteiger partial charge on any atom is 0.340 e. The molecule has 0 radical (unpaired) electrons. The van der Waals surface area contributed by atoms with E-state index in [0.717, 1.165) is 12.1 Å². The number of ether oxygens (including phenoxy) is 3. The number of nitrogens with one attached hydrogen (secondary N) is 2. The van der Waals surface area contributed by atoms with Gasteiger partial charge < -0.3 is 45.3 Å². The maximum atomic E-state index is 16.0. The van der Waals surface area contributed by atoms with Crippen molar-refractivity contribution in [1.29, 1.82) is 5.26 Å². The first-order valence-electron chi connectivity index (χ1n) is 16.5. The smallest absolute Gasteiger partial charge is 0.340 e. The van der Waals surface area contributed by atoms with E-state index in [1.54, 1.807) is 0 Å². The molecule has 13 nitrogen and oxygen atoms in total. The lowest BCUT2D eigenvalue weighted by molar-refractivity contribution is -0.278. The second-order valence-corrected chi connectivity index (χ2v) is 15.1. The number of nitriles is 1. The number of carboxylic acid groups (broad SMARTS) is 1. The molecule has 2 fully saturated rings. The standard InChI is InChI=1S/C37H37Cl2F2N3O10/c1-36(2,3)14-24-37(15-42,19-10-9-17(38)13-21(19)40)25(18-6-5-7-20(39)26(18)41)27(44-24)32(48)43-22-11-8-16(12-23(22)52-4)34(51)54-35-30(47)28(45)29(46)31(53-35)33(49)50/h5-13,24-25,27-31,35,44-47H,14H2,1-4H3,(H,43,48)(H,49,50)/t24-,25-,27+,28-,29-,30+,31-,35-,37-/m0/s1. The topological polar surface area (TPSA) is 208 Å². The van der Waals surface area contributed by atoms with E-state index < -0.39 is 89.0 Å². The summed E-state index contributed by atoms with van der Waals surface area (Å²) in [5.74, 6) is -6.82. The monoisotopic (exact) mass is 791 g/mol. The molecule has 2 saturated heterocycles. The van der Waals surface area contributed by atoms with Crippen LogP contribution in [0.5, 0.6) is 5.75 Å². The summed E-state index contributed by atoms with van der Waals surface area (Å²) in [5, 5.41) is 56.3. The molecule has 0 saturated carbocycles. The molecule has 0 spiro atoms. The minimum Gasteiger partial charge on any atom is -0.495 e. The molecule has 0 bridgehead atoms. The van der Waals surface area contributed by atoms with Gasteiger partial charge in [0, 0.05) is 22.5 Å². The summed E-state index contributed by atoms with van der Waals surface area (Å²) in [5.41, 5.74) is -2.82. The van der Waals surface area contributed by atoms with E-state index in [4.69, 9.17) is 37.4 Å². The fraction of sp³-hybridized carbons (Fsp3) is 0.405. The van der Waals surface area contributed by atoms with Crippen molar-refractivity contribution >= 4 is 46.7 Å². The van der Waals surface area contributed by atoms with Gasteiger partial charge in [0.1, 0.15) is 41.1 Å². The summed E-state index contributed by atoms with van der Waals surface area (Å²) in [6.45, 7) is 5.68. The van der Waals surface area contributed by atoms with Crippen molar-refractivity contribution < 1.29 is 57.8 Å². The van der Waals surface area contributed by atoms with Gasteiger partial charge in [-0.05, 0) is 53.8 Å². The molecule has 5 rings (SSSR count). The van der Waals surface area contributed by atoms with Crippen LogP contribution in [0.2, 0.25) is 10.0 Å². The Bertz CT molecular complexity index is 1990. The van der Waals surface area contributed by atoms with Gasteiger partial charge in [0.25, 0.3) is 0 Å². The van der Waals surface area contributed by atoms with Gasteiger partial charge in [-0.25, -0.2) is 18.4 Å². The van der Waals surface area contributed by atoms with Crippen LogP contribution >= 0.6 is 23.2 Å². The lowest BCUT2D eigenvalue weighted by Gasteiger charge is -2.37. The number of hydrogen-bond acceptors (Lipinski definition) is 11. The van der Waals surface area contributed by atoms with Crippen LogP contribution in [0.4, 0.5) is 14.5 Å². The van der Waals surface area contributed by atoms with E-state index in [1.807, 2.05) is 20.8 Å². The van der Waals surface area contributed by atoms with Gasteiger partial charge in [0.05, 0.1) is 35.5 Å². The van der Waals surface area contributed by atoms with E-state index in [-0.39, 0.29) is 44.6 Å². The molecule has 6 N–H and O–H groups in total. The Labute approximate surface area is 318 Å². The number of methoxy groups -OCH3 is 1. The molecule has 2 heterocycles. The van der Waals surface area contributed by atoms with E-state index in [2.05, 4.69) is 16.7 Å². The lowest BCUT2D eigenvalue weighted by Crippen LogP contribution is -2.60. The number of rotatable bonds is 9. The highest BCUT2D eigenvalue weighted by Gasteiger charge is 2.61. The van der Waals surface area contributed by atoms with Crippen molar-refractivity contribution in [2.24, 2.45) is 5.41 Å². The van der Waals surface area contributed by atoms with E-state index >= 15 is 8.78 Å². The molecule has 0 aliphatic carbocycles. The maximum absolute atomic E-state index is 16.0. The lowest BCUT2D eigenvalue weighted by atomic mass is 9.62. The normalized spacial score (nSPS) is 28.2. The second-order valence-electron chi connectivity index (χ2n) is 14.2. The Morgan fingerprint density at radius 2 is 1.74 bits per heavy atom. The number of aliphatic hydroxyl groups excluding tert-OH is 3. The zero-order chi connectivity index (χ0) is 39.9. The van der Waals surface area contributed by atoms with Gasteiger partial charge in [-0.3, -0.25) is 4.79 Å². The van der Waals surface area contributed by atoms with Gasteiger partial charge >= 0.3 is 11.9 Å². The van der Waals surface area contributed by atoms with Gasteiger partial charge in [-0.15, -0.1) is 0 Å². The molecule has 1 amide bonds. The number of carbonyl (C=O) groups excluding carboxylic acids is 2. The number of carbonyl (C=O) groups is 3. The summed E-state index contributed by atoms with van der Waals surface area (Å²) in [6, 6.07) is 11.5. The third kappa shape index (κ3) is 7.74. The third-order valence-corrected chi connectivity index (χ3v) is 9.99. The third-order valence-electron chi connectivity index (χ3n) is 9.46. The molecule has 0 unspecified atom stereocenters. The highest BCUT2D eigenvalue weighted by atomic mass is 35.5. The molecule has 288 valence electrons. The number of esters is 1. The number of halogens is 4. The van der Waals surface area contributed by atoms with Crippen LogP contribution in [0.3, 0.4) is 0 Å². The Morgan fingerprint density at radius 1 is 1.04 bits per heavy atom. The van der Waals surface area contributed by atoms with Crippen LogP contribution in [0.25, 0.3) is 0 Å². The van der Waals surface area contributed by atoms with Crippen molar-refractivity contribution in [2.75, 3.05) is 12.4 Å². The molecule has 9 atom stereocenters. The molecule has 3 aromatic carbocycles. The van der Waals surface area contributed by atoms with Crippen LogP contribution in [-0.4, -0.2) is 88.2 Å². The van der Waals surface area contributed by atoms with Crippen LogP contribution in [0.15, 0.2) is 54.6 Å². The zero-order valence-electron chi connectivity index (χ0n) is 29.2. The number of benzene rings is 3. The van der Waals surface area contributed by atoms with Crippen molar-refractivity contribution in [2.45, 2.75) is 81.3 Å². The second kappa shape index (κ2) is 15.8. The van der Waals surface area contributed by atoms with Gasteiger partial charge in [-0.2, -0.15) is 5.26 Å². The summed E-state index contributed by atoms with van der Waals surface area (Å²) in [4.78, 5) is 38.9. The number of aliphatic carboxylic acids is 1. The SMILES string of the molecule is COc1cc(C(=O)O[C@@H]2O[C@H](C(=O)O)[C@@H](O)[C@H](O)[C@H]2O)ccc1NC(=O)[C@@H]1N[C@@H](CC(C)(C)C)[C@](C#N)(c2ccc(Cl)cc2F)[C@H]1c1cccc(Cl)c1F. The van der Waals surface area contributed by atoms with Gasteiger partial charge in [0.2, 0.25) is 12.2 Å². The van der Waals surface area contributed by atoms with Crippen LogP contribution in [0, 0.1) is 28.4 Å². The minimum atomic E-state index is -2.02. The zero-order valence-corrected chi connectivity index (χ0v) is 30.7. The number of hydrogen-bond donors (Lipinski definition) is 6. The number of anilines is 1. The predicted molar refractivity (Wildman–Crippen MR) is 189 cm³/mol. The summed E-state index contributed by atoms with van der Waals surface area (Å²) >= 11 is 12.3. The average Bonchev–Trinajstić information content (AvgIpc) is 3.42. The molecule has 0 aromatic heterocycles. The van der Waals surface area contributed by atoms with Crippen molar-refractivity contribution in [1.82, 2.24) is 5.32 Å². The Kier molecular flexibility index (Phi) is 11.9. The number of carboxylic acids is 1. The van der Waals surface area contributed by atoms with E-state index in [1.165, 1.54) is 49.6 Å². The van der Waals surface area contributed by atoms with Crippen molar-refractivity contribution in [3.05, 3.63) is 93.0 Å². The van der Waals surface area contributed by atoms with Crippen molar-refractivity contribution in [3.8, 4) is 11.8 Å². The van der Waals surface area contributed by atoms with E-state index in [9.17, 15) is 40.1 Å². The fourth-order valence-electron chi connectivity index (χ4n) is 7.01. The molecule has 2 aliphatic heterocycles. The van der Waals surface area contributed by atoms with Crippen LogP contribution in [0.1, 0.15) is 54.6 Å². The molecule has 2 aliphatic rings. The predicted octanol–water partition coefficient (Wildman–Crippen LogP) is 4.29.